The Hall–Kier alpha value is -1.59. The molecule has 19 heavy (non-hydrogen) atoms. The Balaban J connectivity index is 2.40. The first kappa shape index (κ1) is 13.8. The van der Waals surface area contributed by atoms with Crippen LogP contribution in [0.5, 0.6) is 11.6 Å². The summed E-state index contributed by atoms with van der Waals surface area (Å²) in [6.07, 6.45) is 1.64. The molecule has 2 rings (SSSR count). The molecule has 98 valence electrons. The van der Waals surface area contributed by atoms with E-state index in [1.54, 1.807) is 12.3 Å². The Morgan fingerprint density at radius 1 is 1.42 bits per heavy atom. The second kappa shape index (κ2) is 5.59. The normalized spacial score (nSPS) is 10.3. The summed E-state index contributed by atoms with van der Waals surface area (Å²) in [5, 5.41) is 9.44. The van der Waals surface area contributed by atoms with Crippen molar-refractivity contribution >= 4 is 33.5 Å². The summed E-state index contributed by atoms with van der Waals surface area (Å²) in [6, 6.07) is 6.23. The first-order valence-electron chi connectivity index (χ1n) is 5.30. The van der Waals surface area contributed by atoms with Gasteiger partial charge < -0.3 is 9.84 Å². The van der Waals surface area contributed by atoms with Crippen molar-refractivity contribution in [2.75, 3.05) is 0 Å². The van der Waals surface area contributed by atoms with Gasteiger partial charge in [0.1, 0.15) is 11.3 Å². The van der Waals surface area contributed by atoms with Crippen LogP contribution in [0.25, 0.3) is 0 Å². The molecule has 0 aliphatic rings. The molecule has 6 heteroatoms. The zero-order valence-electron chi connectivity index (χ0n) is 9.85. The number of rotatable bonds is 3. The Labute approximate surface area is 123 Å². The van der Waals surface area contributed by atoms with Crippen LogP contribution in [0.4, 0.5) is 0 Å². The summed E-state index contributed by atoms with van der Waals surface area (Å²) in [6.45, 7) is 1.90. The predicted molar refractivity (Wildman–Crippen MR) is 75.2 cm³/mol. The molecular weight excluding hydrogens is 334 g/mol. The van der Waals surface area contributed by atoms with Crippen molar-refractivity contribution in [3.63, 3.8) is 0 Å². The molecule has 0 aliphatic heterocycles. The lowest BCUT2D eigenvalue weighted by molar-refractivity contribution is 0.0694. The lowest BCUT2D eigenvalue weighted by atomic mass is 10.2. The van der Waals surface area contributed by atoms with Crippen molar-refractivity contribution in [1.82, 2.24) is 4.98 Å². The number of ether oxygens (including phenoxy) is 1. The molecule has 1 aromatic carbocycles. The lowest BCUT2D eigenvalue weighted by Gasteiger charge is -2.09. The van der Waals surface area contributed by atoms with Crippen molar-refractivity contribution < 1.29 is 14.6 Å². The van der Waals surface area contributed by atoms with Gasteiger partial charge in [0.05, 0.1) is 4.47 Å². The topological polar surface area (TPSA) is 59.4 Å². The molecule has 0 atom stereocenters. The van der Waals surface area contributed by atoms with Gasteiger partial charge in [0.15, 0.2) is 0 Å². The molecule has 0 saturated carbocycles. The number of aryl methyl sites for hydroxylation is 1. The van der Waals surface area contributed by atoms with E-state index in [1.807, 2.05) is 13.0 Å². The molecule has 1 aromatic heterocycles. The summed E-state index contributed by atoms with van der Waals surface area (Å²) < 4.78 is 6.17. The van der Waals surface area contributed by atoms with Gasteiger partial charge in [0.2, 0.25) is 5.88 Å². The average Bonchev–Trinajstić information content (AvgIpc) is 2.34. The summed E-state index contributed by atoms with van der Waals surface area (Å²) >= 11 is 9.09. The number of carboxylic acid groups (broad SMARTS) is 1. The number of benzene rings is 1. The van der Waals surface area contributed by atoms with Gasteiger partial charge in [-0.2, -0.15) is 0 Å². The molecular formula is C13H9BrClNO3. The van der Waals surface area contributed by atoms with Gasteiger partial charge in [-0.15, -0.1) is 0 Å². The number of carbonyl (C=O) groups is 1. The van der Waals surface area contributed by atoms with Crippen molar-refractivity contribution in [3.05, 3.63) is 51.1 Å². The minimum Gasteiger partial charge on any atom is -0.478 e. The van der Waals surface area contributed by atoms with Crippen LogP contribution in [0, 0.1) is 6.92 Å². The highest BCUT2D eigenvalue weighted by molar-refractivity contribution is 9.10. The van der Waals surface area contributed by atoms with E-state index in [4.69, 9.17) is 21.4 Å². The van der Waals surface area contributed by atoms with Gasteiger partial charge in [0, 0.05) is 11.2 Å². The SMILES string of the molecule is Cc1cnc(Oc2ccc(Cl)cc2C(=O)O)c(Br)c1. The van der Waals surface area contributed by atoms with Crippen molar-refractivity contribution in [3.8, 4) is 11.6 Å². The van der Waals surface area contributed by atoms with Crippen molar-refractivity contribution in [2.45, 2.75) is 6.92 Å². The van der Waals surface area contributed by atoms with Crippen LogP contribution < -0.4 is 4.74 Å². The highest BCUT2D eigenvalue weighted by Crippen LogP contribution is 2.31. The fourth-order valence-corrected chi connectivity index (χ4v) is 2.18. The third-order valence-electron chi connectivity index (χ3n) is 2.32. The van der Waals surface area contributed by atoms with Crippen LogP contribution >= 0.6 is 27.5 Å². The van der Waals surface area contributed by atoms with Crippen LogP contribution in [0.15, 0.2) is 34.9 Å². The van der Waals surface area contributed by atoms with E-state index in [-0.39, 0.29) is 11.3 Å². The minimum atomic E-state index is -1.11. The lowest BCUT2D eigenvalue weighted by Crippen LogP contribution is -2.01. The number of pyridine rings is 1. The highest BCUT2D eigenvalue weighted by atomic mass is 79.9. The zero-order chi connectivity index (χ0) is 14.0. The van der Waals surface area contributed by atoms with Crippen LogP contribution in [-0.4, -0.2) is 16.1 Å². The summed E-state index contributed by atoms with van der Waals surface area (Å²) in [5.41, 5.74) is 0.954. The summed E-state index contributed by atoms with van der Waals surface area (Å²) in [7, 11) is 0. The number of aromatic nitrogens is 1. The Morgan fingerprint density at radius 2 is 2.16 bits per heavy atom. The van der Waals surface area contributed by atoms with Crippen LogP contribution in [-0.2, 0) is 0 Å². The molecule has 0 aliphatic carbocycles. The maximum Gasteiger partial charge on any atom is 0.339 e. The van der Waals surface area contributed by atoms with Gasteiger partial charge >= 0.3 is 5.97 Å². The molecule has 1 N–H and O–H groups in total. The zero-order valence-corrected chi connectivity index (χ0v) is 12.2. The molecule has 0 saturated heterocycles. The molecule has 0 bridgehead atoms. The van der Waals surface area contributed by atoms with E-state index < -0.39 is 5.97 Å². The van der Waals surface area contributed by atoms with Crippen LogP contribution in [0.2, 0.25) is 5.02 Å². The monoisotopic (exact) mass is 341 g/mol. The van der Waals surface area contributed by atoms with Gasteiger partial charge in [-0.05, 0) is 52.7 Å². The number of halogens is 2. The molecule has 1 heterocycles. The second-order valence-corrected chi connectivity index (χ2v) is 5.14. The number of hydrogen-bond donors (Lipinski definition) is 1. The van der Waals surface area contributed by atoms with E-state index >= 15 is 0 Å². The fourth-order valence-electron chi connectivity index (χ4n) is 1.46. The molecule has 4 nitrogen and oxygen atoms in total. The molecule has 2 aromatic rings. The standard InChI is InChI=1S/C13H9BrClNO3/c1-7-4-10(14)12(16-6-7)19-11-3-2-8(15)5-9(11)13(17)18/h2-6H,1H3,(H,17,18). The number of hydrogen-bond acceptors (Lipinski definition) is 3. The Bertz CT molecular complexity index is 646. The maximum absolute atomic E-state index is 11.1. The maximum atomic E-state index is 11.1. The van der Waals surface area contributed by atoms with Gasteiger partial charge in [-0.1, -0.05) is 11.6 Å². The van der Waals surface area contributed by atoms with Crippen molar-refractivity contribution in [2.24, 2.45) is 0 Å². The van der Waals surface area contributed by atoms with Gasteiger partial charge in [-0.25, -0.2) is 9.78 Å². The largest absolute Gasteiger partial charge is 0.478 e. The first-order chi connectivity index (χ1) is 8.97. The smallest absolute Gasteiger partial charge is 0.339 e. The number of nitrogens with zero attached hydrogens (tertiary/aromatic N) is 1. The van der Waals surface area contributed by atoms with Gasteiger partial charge in [-0.3, -0.25) is 0 Å². The fraction of sp³-hybridized carbons (Fsp3) is 0.0769. The highest BCUT2D eigenvalue weighted by Gasteiger charge is 2.14. The molecule has 0 unspecified atom stereocenters. The summed E-state index contributed by atoms with van der Waals surface area (Å²) in [4.78, 5) is 15.2. The number of aromatic carboxylic acids is 1. The quantitative estimate of drug-likeness (QED) is 0.903. The Morgan fingerprint density at radius 3 is 2.79 bits per heavy atom. The minimum absolute atomic E-state index is 0.0122. The van der Waals surface area contributed by atoms with Gasteiger partial charge in [0.25, 0.3) is 0 Å². The van der Waals surface area contributed by atoms with Crippen molar-refractivity contribution in [1.29, 1.82) is 0 Å². The first-order valence-corrected chi connectivity index (χ1v) is 6.47. The molecule has 0 fully saturated rings. The van der Waals surface area contributed by atoms with E-state index in [2.05, 4.69) is 20.9 Å². The molecule has 0 spiro atoms. The third kappa shape index (κ3) is 3.24. The summed E-state index contributed by atoms with van der Waals surface area (Å²) in [5.74, 6) is -0.620. The predicted octanol–water partition coefficient (Wildman–Crippen LogP) is 4.30. The van der Waals surface area contributed by atoms with Crippen LogP contribution in [0.1, 0.15) is 15.9 Å². The average molecular weight is 343 g/mol. The van der Waals surface area contributed by atoms with E-state index in [1.165, 1.54) is 12.1 Å². The third-order valence-corrected chi connectivity index (χ3v) is 3.13. The van der Waals surface area contributed by atoms with E-state index in [0.29, 0.717) is 15.4 Å². The van der Waals surface area contributed by atoms with E-state index in [9.17, 15) is 4.79 Å². The molecule has 0 amide bonds. The second-order valence-electron chi connectivity index (χ2n) is 3.85. The molecule has 0 radical (unpaired) electrons. The van der Waals surface area contributed by atoms with E-state index in [0.717, 1.165) is 5.56 Å². The Kier molecular flexibility index (Phi) is 4.07. The van der Waals surface area contributed by atoms with Crippen LogP contribution in [0.3, 0.4) is 0 Å². The number of carboxylic acids is 1.